The van der Waals surface area contributed by atoms with Gasteiger partial charge in [0.15, 0.2) is 0 Å². The average Bonchev–Trinajstić information content (AvgIpc) is 2.37. The lowest BCUT2D eigenvalue weighted by Gasteiger charge is -2.05. The summed E-state index contributed by atoms with van der Waals surface area (Å²) in [6.45, 7) is 0.140. The van der Waals surface area contributed by atoms with Crippen molar-refractivity contribution in [2.24, 2.45) is 0 Å². The van der Waals surface area contributed by atoms with Crippen molar-refractivity contribution in [1.82, 2.24) is 5.32 Å². The third-order valence-corrected chi connectivity index (χ3v) is 2.64. The van der Waals surface area contributed by atoms with Crippen molar-refractivity contribution < 1.29 is 14.7 Å². The van der Waals surface area contributed by atoms with E-state index in [0.29, 0.717) is 5.56 Å². The van der Waals surface area contributed by atoms with Crippen LogP contribution in [0.4, 0.5) is 0 Å². The predicted molar refractivity (Wildman–Crippen MR) is 68.5 cm³/mol. The number of nitrogens with one attached hydrogen (secondary N) is 1. The Morgan fingerprint density at radius 1 is 1.06 bits per heavy atom. The van der Waals surface area contributed by atoms with E-state index in [4.69, 9.17) is 5.11 Å². The minimum Gasteiger partial charge on any atom is -0.481 e. The van der Waals surface area contributed by atoms with Crippen molar-refractivity contribution in [3.63, 3.8) is 0 Å². The largest absolute Gasteiger partial charge is 0.481 e. The van der Waals surface area contributed by atoms with Crippen LogP contribution in [0.15, 0.2) is 42.5 Å². The molecule has 0 aliphatic rings. The maximum atomic E-state index is 11.8. The highest BCUT2D eigenvalue weighted by Crippen LogP contribution is 2.15. The molecule has 4 heteroatoms. The predicted octanol–water partition coefficient (Wildman–Crippen LogP) is 2.04. The van der Waals surface area contributed by atoms with Crippen molar-refractivity contribution in [2.75, 3.05) is 6.54 Å². The van der Waals surface area contributed by atoms with Gasteiger partial charge in [-0.05, 0) is 22.9 Å². The number of carbonyl (C=O) groups is 2. The van der Waals surface area contributed by atoms with E-state index >= 15 is 0 Å². The van der Waals surface area contributed by atoms with Crippen LogP contribution in [0.3, 0.4) is 0 Å². The second-order valence-corrected chi connectivity index (χ2v) is 3.96. The van der Waals surface area contributed by atoms with Gasteiger partial charge in [0, 0.05) is 12.1 Å². The van der Waals surface area contributed by atoms with Crippen LogP contribution in [0, 0.1) is 0 Å². The van der Waals surface area contributed by atoms with Crippen molar-refractivity contribution in [3.8, 4) is 0 Å². The van der Waals surface area contributed by atoms with Crippen molar-refractivity contribution in [1.29, 1.82) is 0 Å². The number of hydrogen-bond acceptors (Lipinski definition) is 2. The lowest BCUT2D eigenvalue weighted by Crippen LogP contribution is -2.25. The molecule has 0 fully saturated rings. The average molecular weight is 243 g/mol. The molecule has 0 unspecified atom stereocenters. The number of benzene rings is 2. The molecular formula is C14H13NO3. The quantitative estimate of drug-likeness (QED) is 0.863. The van der Waals surface area contributed by atoms with E-state index in [9.17, 15) is 9.59 Å². The van der Waals surface area contributed by atoms with Crippen LogP contribution in [-0.2, 0) is 4.79 Å². The summed E-state index contributed by atoms with van der Waals surface area (Å²) in [5.74, 6) is -1.17. The number of carboxylic acids is 1. The highest BCUT2D eigenvalue weighted by molar-refractivity contribution is 5.98. The zero-order valence-electron chi connectivity index (χ0n) is 9.72. The van der Waals surface area contributed by atoms with Gasteiger partial charge in [-0.3, -0.25) is 9.59 Å². The number of carbonyl (C=O) groups excluding carboxylic acids is 1. The standard InChI is InChI=1S/C14H13NO3/c16-13(17)7-8-15-14(18)12-6-5-10-3-1-2-4-11(10)9-12/h1-6,9H,7-8H2,(H,15,18)(H,16,17). The zero-order chi connectivity index (χ0) is 13.0. The van der Waals surface area contributed by atoms with Gasteiger partial charge in [-0.1, -0.05) is 30.3 Å². The van der Waals surface area contributed by atoms with Crippen LogP contribution in [0.2, 0.25) is 0 Å². The van der Waals surface area contributed by atoms with Crippen LogP contribution in [0.5, 0.6) is 0 Å². The smallest absolute Gasteiger partial charge is 0.305 e. The van der Waals surface area contributed by atoms with Crippen LogP contribution >= 0.6 is 0 Å². The van der Waals surface area contributed by atoms with Crippen LogP contribution < -0.4 is 5.32 Å². The minimum atomic E-state index is -0.922. The van der Waals surface area contributed by atoms with E-state index in [1.807, 2.05) is 30.3 Å². The first-order valence-electron chi connectivity index (χ1n) is 5.65. The molecule has 0 aliphatic carbocycles. The maximum Gasteiger partial charge on any atom is 0.305 e. The van der Waals surface area contributed by atoms with E-state index < -0.39 is 5.97 Å². The maximum absolute atomic E-state index is 11.8. The summed E-state index contributed by atoms with van der Waals surface area (Å²) in [6, 6.07) is 13.2. The number of carboxylic acid groups (broad SMARTS) is 1. The lowest BCUT2D eigenvalue weighted by atomic mass is 10.1. The number of aliphatic carboxylic acids is 1. The van der Waals surface area contributed by atoms with Crippen molar-refractivity contribution >= 4 is 22.6 Å². The molecule has 2 N–H and O–H groups in total. The fraction of sp³-hybridized carbons (Fsp3) is 0.143. The van der Waals surface area contributed by atoms with Gasteiger partial charge in [0.1, 0.15) is 0 Å². The summed E-state index contributed by atoms with van der Waals surface area (Å²) in [6.07, 6.45) is -0.0701. The van der Waals surface area contributed by atoms with E-state index in [1.165, 1.54) is 0 Å². The first-order valence-corrected chi connectivity index (χ1v) is 5.65. The summed E-state index contributed by atoms with van der Waals surface area (Å²) in [7, 11) is 0. The molecule has 0 aromatic heterocycles. The Bertz CT molecular complexity index is 592. The molecule has 92 valence electrons. The SMILES string of the molecule is O=C(O)CCNC(=O)c1ccc2ccccc2c1. The molecular weight excluding hydrogens is 230 g/mol. The first kappa shape index (κ1) is 12.1. The third-order valence-electron chi connectivity index (χ3n) is 2.64. The summed E-state index contributed by atoms with van der Waals surface area (Å²) in [5.41, 5.74) is 0.541. The minimum absolute atomic E-state index is 0.0701. The van der Waals surface area contributed by atoms with Crippen LogP contribution in [0.25, 0.3) is 10.8 Å². The fourth-order valence-electron chi connectivity index (χ4n) is 1.72. The molecule has 2 aromatic carbocycles. The van der Waals surface area contributed by atoms with Crippen LogP contribution in [-0.4, -0.2) is 23.5 Å². The Morgan fingerprint density at radius 2 is 1.78 bits per heavy atom. The van der Waals surface area contributed by atoms with Crippen molar-refractivity contribution in [2.45, 2.75) is 6.42 Å². The lowest BCUT2D eigenvalue weighted by molar-refractivity contribution is -0.136. The number of amides is 1. The van der Waals surface area contributed by atoms with Gasteiger partial charge in [0.05, 0.1) is 6.42 Å². The highest BCUT2D eigenvalue weighted by Gasteiger charge is 2.06. The van der Waals surface area contributed by atoms with Crippen molar-refractivity contribution in [3.05, 3.63) is 48.0 Å². The third kappa shape index (κ3) is 2.85. The molecule has 0 aliphatic heterocycles. The van der Waals surface area contributed by atoms with Crippen LogP contribution in [0.1, 0.15) is 16.8 Å². The topological polar surface area (TPSA) is 66.4 Å². The van der Waals surface area contributed by atoms with Gasteiger partial charge in [-0.25, -0.2) is 0 Å². The van der Waals surface area contributed by atoms with Gasteiger partial charge in [0.25, 0.3) is 5.91 Å². The van der Waals surface area contributed by atoms with E-state index in [-0.39, 0.29) is 18.9 Å². The monoisotopic (exact) mass is 243 g/mol. The van der Waals surface area contributed by atoms with Gasteiger partial charge in [-0.15, -0.1) is 0 Å². The summed E-state index contributed by atoms with van der Waals surface area (Å²) in [5, 5.41) is 13.1. The molecule has 0 bridgehead atoms. The molecule has 0 heterocycles. The van der Waals surface area contributed by atoms with Gasteiger partial charge < -0.3 is 10.4 Å². The van der Waals surface area contributed by atoms with Gasteiger partial charge in [0.2, 0.25) is 0 Å². The molecule has 1 amide bonds. The first-order chi connectivity index (χ1) is 8.66. The molecule has 0 atom stereocenters. The molecule has 0 saturated heterocycles. The Kier molecular flexibility index (Phi) is 3.57. The Morgan fingerprint density at radius 3 is 2.50 bits per heavy atom. The van der Waals surface area contributed by atoms with E-state index in [2.05, 4.69) is 5.32 Å². The molecule has 2 rings (SSSR count). The van der Waals surface area contributed by atoms with E-state index in [1.54, 1.807) is 12.1 Å². The second kappa shape index (κ2) is 5.31. The fourth-order valence-corrected chi connectivity index (χ4v) is 1.72. The molecule has 0 radical (unpaired) electrons. The van der Waals surface area contributed by atoms with Gasteiger partial charge >= 0.3 is 5.97 Å². The molecule has 0 saturated carbocycles. The summed E-state index contributed by atoms with van der Waals surface area (Å²) >= 11 is 0. The zero-order valence-corrected chi connectivity index (χ0v) is 9.72. The number of fused-ring (bicyclic) bond motifs is 1. The Labute approximate surface area is 104 Å². The molecule has 18 heavy (non-hydrogen) atoms. The number of hydrogen-bond donors (Lipinski definition) is 2. The summed E-state index contributed by atoms with van der Waals surface area (Å²) < 4.78 is 0. The number of rotatable bonds is 4. The highest BCUT2D eigenvalue weighted by atomic mass is 16.4. The van der Waals surface area contributed by atoms with E-state index in [0.717, 1.165) is 10.8 Å². The Hall–Kier alpha value is -2.36. The normalized spacial score (nSPS) is 10.2. The Balaban J connectivity index is 2.10. The van der Waals surface area contributed by atoms with Gasteiger partial charge in [-0.2, -0.15) is 0 Å². The molecule has 2 aromatic rings. The second-order valence-electron chi connectivity index (χ2n) is 3.96. The summed E-state index contributed by atoms with van der Waals surface area (Å²) in [4.78, 5) is 22.1. The molecule has 0 spiro atoms. The molecule has 4 nitrogen and oxygen atoms in total.